The summed E-state index contributed by atoms with van der Waals surface area (Å²) in [6.45, 7) is 8.44. The van der Waals surface area contributed by atoms with Gasteiger partial charge in [0.25, 0.3) is 0 Å². The predicted octanol–water partition coefficient (Wildman–Crippen LogP) is 3.50. The summed E-state index contributed by atoms with van der Waals surface area (Å²) in [5.41, 5.74) is 1.70. The molecule has 1 fully saturated rings. The van der Waals surface area contributed by atoms with E-state index in [0.29, 0.717) is 0 Å². The fourth-order valence-electron chi connectivity index (χ4n) is 2.69. The van der Waals surface area contributed by atoms with Gasteiger partial charge in [0.1, 0.15) is 11.4 Å². The van der Waals surface area contributed by atoms with E-state index < -0.39 is 5.60 Å². The molecule has 5 nitrogen and oxygen atoms in total. The fraction of sp³-hybridized carbons (Fsp3) is 0.625. The molecule has 0 aliphatic carbocycles. The number of hydrogen-bond donors (Lipinski definition) is 1. The number of aryl methyl sites for hydroxylation is 1. The number of nitrogens with one attached hydrogen (secondary N) is 1. The summed E-state index contributed by atoms with van der Waals surface area (Å²) in [4.78, 5) is 18.6. The molecule has 2 heterocycles. The van der Waals surface area contributed by atoms with Crippen molar-refractivity contribution in [3.8, 4) is 0 Å². The first kappa shape index (κ1) is 15.6. The number of anilines is 1. The van der Waals surface area contributed by atoms with E-state index in [0.717, 1.165) is 36.3 Å². The topological polar surface area (TPSA) is 54.5 Å². The minimum absolute atomic E-state index is 0.0666. The number of aromatic nitrogens is 1. The average molecular weight is 291 g/mol. The number of likely N-dealkylation sites (tertiary alicyclic amines) is 1. The molecule has 1 aromatic heterocycles. The number of pyridine rings is 1. The van der Waals surface area contributed by atoms with Gasteiger partial charge in [0.05, 0.1) is 6.04 Å². The Labute approximate surface area is 126 Å². The van der Waals surface area contributed by atoms with Crippen molar-refractivity contribution in [3.63, 3.8) is 0 Å². The van der Waals surface area contributed by atoms with Crippen LogP contribution >= 0.6 is 0 Å². The zero-order valence-electron chi connectivity index (χ0n) is 13.6. The lowest BCUT2D eigenvalue weighted by atomic mass is 10.0. The van der Waals surface area contributed by atoms with Crippen LogP contribution in [0.4, 0.5) is 10.6 Å². The molecular formula is C16H25N3O2. The van der Waals surface area contributed by atoms with Crippen molar-refractivity contribution in [3.05, 3.63) is 23.4 Å². The summed E-state index contributed by atoms with van der Waals surface area (Å²) in [6, 6.07) is 2.17. The van der Waals surface area contributed by atoms with Crippen LogP contribution in [0.2, 0.25) is 0 Å². The number of rotatable bonds is 2. The van der Waals surface area contributed by atoms with Gasteiger partial charge < -0.3 is 15.0 Å². The summed E-state index contributed by atoms with van der Waals surface area (Å²) < 4.78 is 5.50. The van der Waals surface area contributed by atoms with Crippen LogP contribution in [0.25, 0.3) is 0 Å². The van der Waals surface area contributed by atoms with E-state index in [9.17, 15) is 4.79 Å². The zero-order valence-corrected chi connectivity index (χ0v) is 13.6. The Hall–Kier alpha value is -1.78. The lowest BCUT2D eigenvalue weighted by Crippen LogP contribution is -2.36. The molecular weight excluding hydrogens is 266 g/mol. The quantitative estimate of drug-likeness (QED) is 0.906. The van der Waals surface area contributed by atoms with Crippen molar-refractivity contribution in [2.45, 2.75) is 52.2 Å². The van der Waals surface area contributed by atoms with Gasteiger partial charge in [0.15, 0.2) is 0 Å². The molecule has 0 aromatic carbocycles. The van der Waals surface area contributed by atoms with E-state index in [2.05, 4.69) is 16.4 Å². The maximum atomic E-state index is 12.3. The molecule has 21 heavy (non-hydrogen) atoms. The highest BCUT2D eigenvalue weighted by molar-refractivity contribution is 5.69. The molecule has 116 valence electrons. The molecule has 1 amide bonds. The maximum absolute atomic E-state index is 12.3. The maximum Gasteiger partial charge on any atom is 0.410 e. The van der Waals surface area contributed by atoms with Crippen molar-refractivity contribution in [2.75, 3.05) is 18.9 Å². The molecule has 0 bridgehead atoms. The predicted molar refractivity (Wildman–Crippen MR) is 83.4 cm³/mol. The van der Waals surface area contributed by atoms with Gasteiger partial charge in [-0.1, -0.05) is 0 Å². The first-order chi connectivity index (χ1) is 9.81. The number of carbonyl (C=O) groups excluding carboxylic acids is 1. The molecule has 1 atom stereocenters. The van der Waals surface area contributed by atoms with E-state index >= 15 is 0 Å². The third-order valence-corrected chi connectivity index (χ3v) is 3.60. The summed E-state index contributed by atoms with van der Waals surface area (Å²) in [5, 5.41) is 3.06. The number of ether oxygens (including phenoxy) is 1. The van der Waals surface area contributed by atoms with Gasteiger partial charge in [0.2, 0.25) is 0 Å². The molecule has 0 unspecified atom stereocenters. The number of nitrogens with zero attached hydrogens (tertiary/aromatic N) is 2. The van der Waals surface area contributed by atoms with Gasteiger partial charge in [-0.3, -0.25) is 0 Å². The van der Waals surface area contributed by atoms with Gasteiger partial charge in [-0.05, 0) is 57.7 Å². The number of amides is 1. The first-order valence-electron chi connectivity index (χ1n) is 7.46. The number of carbonyl (C=O) groups is 1. The molecule has 1 aromatic rings. The molecule has 1 N–H and O–H groups in total. The second-order valence-electron chi connectivity index (χ2n) is 6.52. The minimum atomic E-state index is -0.464. The standard InChI is InChI=1S/C16H25N3O2/c1-11-9-12(10-18-14(11)17-5)13-7-6-8-19(13)15(20)21-16(2,3)4/h9-10,13H,6-8H2,1-5H3,(H,17,18)/t13-/m0/s1. The highest BCUT2D eigenvalue weighted by Gasteiger charge is 2.33. The highest BCUT2D eigenvalue weighted by atomic mass is 16.6. The van der Waals surface area contributed by atoms with Crippen LogP contribution in [0.1, 0.15) is 50.8 Å². The van der Waals surface area contributed by atoms with Crippen molar-refractivity contribution in [2.24, 2.45) is 0 Å². The lowest BCUT2D eigenvalue weighted by Gasteiger charge is -2.29. The molecule has 0 saturated carbocycles. The molecule has 1 aliphatic rings. The van der Waals surface area contributed by atoms with Crippen LogP contribution in [-0.4, -0.2) is 35.2 Å². The van der Waals surface area contributed by atoms with E-state index in [1.54, 1.807) is 0 Å². The zero-order chi connectivity index (χ0) is 15.6. The van der Waals surface area contributed by atoms with Gasteiger partial charge in [0, 0.05) is 19.8 Å². The van der Waals surface area contributed by atoms with Crippen LogP contribution < -0.4 is 5.32 Å². The monoisotopic (exact) mass is 291 g/mol. The van der Waals surface area contributed by atoms with Gasteiger partial charge in [-0.25, -0.2) is 9.78 Å². The smallest absolute Gasteiger partial charge is 0.410 e. The van der Waals surface area contributed by atoms with Crippen molar-refractivity contribution in [1.29, 1.82) is 0 Å². The lowest BCUT2D eigenvalue weighted by molar-refractivity contribution is 0.0224. The van der Waals surface area contributed by atoms with Crippen molar-refractivity contribution >= 4 is 11.9 Å². The molecule has 1 aliphatic heterocycles. The highest BCUT2D eigenvalue weighted by Crippen LogP contribution is 2.33. The van der Waals surface area contributed by atoms with Crippen molar-refractivity contribution < 1.29 is 9.53 Å². The van der Waals surface area contributed by atoms with Gasteiger partial charge >= 0.3 is 6.09 Å². The molecule has 1 saturated heterocycles. The summed E-state index contributed by atoms with van der Waals surface area (Å²) >= 11 is 0. The van der Waals surface area contributed by atoms with Crippen LogP contribution in [-0.2, 0) is 4.74 Å². The second-order valence-corrected chi connectivity index (χ2v) is 6.52. The summed E-state index contributed by atoms with van der Waals surface area (Å²) in [7, 11) is 1.86. The van der Waals surface area contributed by atoms with Crippen LogP contribution in [0.5, 0.6) is 0 Å². The summed E-state index contributed by atoms with van der Waals surface area (Å²) in [5.74, 6) is 0.876. The fourth-order valence-corrected chi connectivity index (χ4v) is 2.69. The van der Waals surface area contributed by atoms with Crippen LogP contribution in [0.15, 0.2) is 12.3 Å². The Morgan fingerprint density at radius 3 is 2.76 bits per heavy atom. The Kier molecular flexibility index (Phi) is 4.40. The van der Waals surface area contributed by atoms with E-state index in [1.807, 2.05) is 45.8 Å². The largest absolute Gasteiger partial charge is 0.444 e. The summed E-state index contributed by atoms with van der Waals surface area (Å²) in [6.07, 6.45) is 3.57. The Morgan fingerprint density at radius 2 is 2.19 bits per heavy atom. The number of hydrogen-bond acceptors (Lipinski definition) is 4. The second kappa shape index (κ2) is 5.92. The first-order valence-corrected chi connectivity index (χ1v) is 7.46. The SMILES string of the molecule is CNc1ncc([C@@H]2CCCN2C(=O)OC(C)(C)C)cc1C. The molecule has 5 heteroatoms. The van der Waals surface area contributed by atoms with E-state index in [-0.39, 0.29) is 12.1 Å². The third-order valence-electron chi connectivity index (χ3n) is 3.60. The Balaban J connectivity index is 2.18. The molecule has 0 radical (unpaired) electrons. The third kappa shape index (κ3) is 3.65. The van der Waals surface area contributed by atoms with Gasteiger partial charge in [-0.2, -0.15) is 0 Å². The van der Waals surface area contributed by atoms with Gasteiger partial charge in [-0.15, -0.1) is 0 Å². The van der Waals surface area contributed by atoms with Crippen molar-refractivity contribution in [1.82, 2.24) is 9.88 Å². The van der Waals surface area contributed by atoms with E-state index in [1.165, 1.54) is 0 Å². The normalized spacial score (nSPS) is 18.7. The molecule has 2 rings (SSSR count). The minimum Gasteiger partial charge on any atom is -0.444 e. The Bertz CT molecular complexity index is 523. The van der Waals surface area contributed by atoms with Crippen LogP contribution in [0, 0.1) is 6.92 Å². The average Bonchev–Trinajstić information content (AvgIpc) is 2.85. The molecule has 0 spiro atoms. The van der Waals surface area contributed by atoms with E-state index in [4.69, 9.17) is 4.74 Å². The van der Waals surface area contributed by atoms with Crippen LogP contribution in [0.3, 0.4) is 0 Å². The Morgan fingerprint density at radius 1 is 1.48 bits per heavy atom.